The van der Waals surface area contributed by atoms with Gasteiger partial charge in [0.15, 0.2) is 18.1 Å². The Bertz CT molecular complexity index is 704. The molecular formula is C22H29NO4. The van der Waals surface area contributed by atoms with Crippen molar-refractivity contribution in [3.63, 3.8) is 0 Å². The molecule has 1 saturated carbocycles. The lowest BCUT2D eigenvalue weighted by molar-refractivity contribution is -0.145. The van der Waals surface area contributed by atoms with Crippen molar-refractivity contribution >= 4 is 12.0 Å². The molecule has 1 fully saturated rings. The molecule has 0 radical (unpaired) electrons. The number of nitriles is 1. The molecule has 0 N–H and O–H groups in total. The van der Waals surface area contributed by atoms with Gasteiger partial charge in [-0.15, -0.1) is 0 Å². The highest BCUT2D eigenvalue weighted by Crippen LogP contribution is 2.38. The van der Waals surface area contributed by atoms with E-state index in [0.29, 0.717) is 22.8 Å². The van der Waals surface area contributed by atoms with Crippen LogP contribution in [0.2, 0.25) is 0 Å². The standard InChI is InChI=1S/C22H29NO4/c1-22(2,3)17-7-9-18(10-8-17)27-21(24)12-6-16-5-11-19(26-14-13-23)20(15-16)25-4/h5-6,11-12,15,17-18H,7-10,14H2,1-4H3/b12-6+. The van der Waals surface area contributed by atoms with Crippen molar-refractivity contribution in [2.75, 3.05) is 13.7 Å². The zero-order valence-electron chi connectivity index (χ0n) is 16.7. The van der Waals surface area contributed by atoms with E-state index in [0.717, 1.165) is 31.2 Å². The lowest BCUT2D eigenvalue weighted by Gasteiger charge is -2.36. The SMILES string of the molecule is COc1cc(/C=C/C(=O)OC2CCC(C(C)(C)C)CC2)ccc1OCC#N. The molecule has 146 valence electrons. The summed E-state index contributed by atoms with van der Waals surface area (Å²) >= 11 is 0. The second-order valence-electron chi connectivity index (χ2n) is 7.97. The predicted molar refractivity (Wildman–Crippen MR) is 104 cm³/mol. The predicted octanol–water partition coefficient (Wildman–Crippen LogP) is 4.76. The van der Waals surface area contributed by atoms with Gasteiger partial charge in [-0.1, -0.05) is 26.8 Å². The Hall–Kier alpha value is -2.48. The zero-order valence-corrected chi connectivity index (χ0v) is 16.7. The second kappa shape index (κ2) is 9.45. The molecule has 0 amide bonds. The Balaban J connectivity index is 1.89. The van der Waals surface area contributed by atoms with Crippen LogP contribution in [-0.2, 0) is 9.53 Å². The molecule has 1 aliphatic rings. The highest BCUT2D eigenvalue weighted by atomic mass is 16.5. The van der Waals surface area contributed by atoms with Gasteiger partial charge in [0.25, 0.3) is 0 Å². The van der Waals surface area contributed by atoms with Gasteiger partial charge in [-0.05, 0) is 60.8 Å². The van der Waals surface area contributed by atoms with E-state index >= 15 is 0 Å². The van der Waals surface area contributed by atoms with Crippen molar-refractivity contribution in [1.29, 1.82) is 5.26 Å². The van der Waals surface area contributed by atoms with E-state index in [1.54, 1.807) is 24.3 Å². The Morgan fingerprint density at radius 3 is 2.52 bits per heavy atom. The van der Waals surface area contributed by atoms with Gasteiger partial charge in [0.1, 0.15) is 12.2 Å². The average molecular weight is 371 g/mol. The minimum atomic E-state index is -0.321. The fourth-order valence-electron chi connectivity index (χ4n) is 3.43. The van der Waals surface area contributed by atoms with E-state index in [9.17, 15) is 4.79 Å². The largest absolute Gasteiger partial charge is 0.493 e. The highest BCUT2D eigenvalue weighted by Gasteiger charge is 2.30. The molecule has 5 heteroatoms. The van der Waals surface area contributed by atoms with Crippen LogP contribution in [0.4, 0.5) is 0 Å². The van der Waals surface area contributed by atoms with Crippen LogP contribution in [0.25, 0.3) is 6.08 Å². The highest BCUT2D eigenvalue weighted by molar-refractivity contribution is 5.87. The summed E-state index contributed by atoms with van der Waals surface area (Å²) in [6.45, 7) is 6.78. The van der Waals surface area contributed by atoms with Gasteiger partial charge in [0.2, 0.25) is 0 Å². The Morgan fingerprint density at radius 1 is 1.22 bits per heavy atom. The number of rotatable bonds is 6. The molecule has 0 unspecified atom stereocenters. The maximum absolute atomic E-state index is 12.1. The minimum absolute atomic E-state index is 0.0112. The molecule has 0 bridgehead atoms. The number of carbonyl (C=O) groups is 1. The first kappa shape index (κ1) is 20.8. The van der Waals surface area contributed by atoms with Gasteiger partial charge >= 0.3 is 5.97 Å². The lowest BCUT2D eigenvalue weighted by Crippen LogP contribution is -2.30. The fourth-order valence-corrected chi connectivity index (χ4v) is 3.43. The molecule has 2 rings (SSSR count). The minimum Gasteiger partial charge on any atom is -0.493 e. The molecule has 0 atom stereocenters. The van der Waals surface area contributed by atoms with E-state index in [4.69, 9.17) is 19.5 Å². The van der Waals surface area contributed by atoms with Gasteiger partial charge < -0.3 is 14.2 Å². The first-order chi connectivity index (χ1) is 12.8. The molecule has 1 aliphatic carbocycles. The van der Waals surface area contributed by atoms with Crippen molar-refractivity contribution in [1.82, 2.24) is 0 Å². The summed E-state index contributed by atoms with van der Waals surface area (Å²) in [6, 6.07) is 7.19. The normalized spacial score (nSPS) is 20.1. The third-order valence-electron chi connectivity index (χ3n) is 5.07. The van der Waals surface area contributed by atoms with Crippen LogP contribution < -0.4 is 9.47 Å². The zero-order chi connectivity index (χ0) is 19.9. The monoisotopic (exact) mass is 371 g/mol. The molecule has 0 saturated heterocycles. The maximum atomic E-state index is 12.1. The Labute approximate surface area is 161 Å². The quantitative estimate of drug-likeness (QED) is 0.533. The Kier molecular flexibility index (Phi) is 7.29. The maximum Gasteiger partial charge on any atom is 0.331 e. The number of nitrogens with zero attached hydrogens (tertiary/aromatic N) is 1. The van der Waals surface area contributed by atoms with Crippen molar-refractivity contribution in [3.8, 4) is 17.6 Å². The third kappa shape index (κ3) is 6.32. The first-order valence-electron chi connectivity index (χ1n) is 9.40. The number of hydrogen-bond donors (Lipinski definition) is 0. The van der Waals surface area contributed by atoms with Crippen LogP contribution in [0.3, 0.4) is 0 Å². The van der Waals surface area contributed by atoms with Crippen LogP contribution in [0.5, 0.6) is 11.5 Å². The molecule has 0 heterocycles. The van der Waals surface area contributed by atoms with Gasteiger partial charge in [-0.2, -0.15) is 5.26 Å². The van der Waals surface area contributed by atoms with Crippen molar-refractivity contribution in [2.24, 2.45) is 11.3 Å². The number of esters is 1. The van der Waals surface area contributed by atoms with Crippen LogP contribution in [0.1, 0.15) is 52.0 Å². The van der Waals surface area contributed by atoms with Crippen molar-refractivity contribution in [2.45, 2.75) is 52.6 Å². The fraction of sp³-hybridized carbons (Fsp3) is 0.545. The molecule has 27 heavy (non-hydrogen) atoms. The molecule has 0 aromatic heterocycles. The van der Waals surface area contributed by atoms with Crippen molar-refractivity contribution < 1.29 is 19.0 Å². The number of carbonyl (C=O) groups excluding carboxylic acids is 1. The van der Waals surface area contributed by atoms with E-state index in [2.05, 4.69) is 20.8 Å². The molecular weight excluding hydrogens is 342 g/mol. The molecule has 1 aromatic carbocycles. The molecule has 5 nitrogen and oxygen atoms in total. The lowest BCUT2D eigenvalue weighted by atomic mass is 9.72. The Morgan fingerprint density at radius 2 is 1.93 bits per heavy atom. The van der Waals surface area contributed by atoms with Crippen LogP contribution in [0.15, 0.2) is 24.3 Å². The number of ether oxygens (including phenoxy) is 3. The topological polar surface area (TPSA) is 68.6 Å². The summed E-state index contributed by atoms with van der Waals surface area (Å²) < 4.78 is 16.1. The van der Waals surface area contributed by atoms with Gasteiger partial charge in [-0.25, -0.2) is 4.79 Å². The average Bonchev–Trinajstić information content (AvgIpc) is 2.64. The number of hydrogen-bond acceptors (Lipinski definition) is 5. The summed E-state index contributed by atoms with van der Waals surface area (Å²) in [4.78, 5) is 12.1. The molecule has 0 aliphatic heterocycles. The van der Waals surface area contributed by atoms with Crippen LogP contribution in [-0.4, -0.2) is 25.8 Å². The smallest absolute Gasteiger partial charge is 0.331 e. The number of benzene rings is 1. The van der Waals surface area contributed by atoms with Crippen LogP contribution in [0, 0.1) is 22.7 Å². The number of methoxy groups -OCH3 is 1. The van der Waals surface area contributed by atoms with Gasteiger partial charge in [0, 0.05) is 6.08 Å². The van der Waals surface area contributed by atoms with Gasteiger partial charge in [-0.3, -0.25) is 0 Å². The molecule has 1 aromatic rings. The summed E-state index contributed by atoms with van der Waals surface area (Å²) in [5.74, 6) is 1.38. The summed E-state index contributed by atoms with van der Waals surface area (Å²) in [5.41, 5.74) is 1.11. The molecule has 0 spiro atoms. The third-order valence-corrected chi connectivity index (χ3v) is 5.07. The summed E-state index contributed by atoms with van der Waals surface area (Å²) in [6.07, 6.45) is 7.22. The van der Waals surface area contributed by atoms with Crippen LogP contribution >= 0.6 is 0 Å². The summed E-state index contributed by atoms with van der Waals surface area (Å²) in [5, 5.41) is 8.60. The second-order valence-corrected chi connectivity index (χ2v) is 7.97. The van der Waals surface area contributed by atoms with E-state index in [1.165, 1.54) is 13.2 Å². The van der Waals surface area contributed by atoms with E-state index in [1.807, 2.05) is 6.07 Å². The van der Waals surface area contributed by atoms with Crippen molar-refractivity contribution in [3.05, 3.63) is 29.8 Å². The van der Waals surface area contributed by atoms with E-state index in [-0.39, 0.29) is 18.7 Å². The van der Waals surface area contributed by atoms with E-state index < -0.39 is 0 Å². The van der Waals surface area contributed by atoms with Gasteiger partial charge in [0.05, 0.1) is 7.11 Å². The first-order valence-corrected chi connectivity index (χ1v) is 9.40. The summed E-state index contributed by atoms with van der Waals surface area (Å²) in [7, 11) is 1.53.